The number of rotatable bonds is 9. The molecular formula is C20H20Cl2N6O2. The van der Waals surface area contributed by atoms with Crippen LogP contribution in [0, 0.1) is 0 Å². The second kappa shape index (κ2) is 10.6. The first-order valence-corrected chi connectivity index (χ1v) is 9.94. The lowest BCUT2D eigenvalue weighted by Crippen LogP contribution is -2.01. The Labute approximate surface area is 184 Å². The van der Waals surface area contributed by atoms with Crippen molar-refractivity contribution in [2.75, 3.05) is 18.6 Å². The molecule has 0 fully saturated rings. The molecule has 156 valence electrons. The highest BCUT2D eigenvalue weighted by molar-refractivity contribution is 6.31. The number of nitrogens with zero attached hydrogens (tertiary/aromatic N) is 5. The van der Waals surface area contributed by atoms with Gasteiger partial charge in [0.1, 0.15) is 17.8 Å². The van der Waals surface area contributed by atoms with E-state index >= 15 is 0 Å². The van der Waals surface area contributed by atoms with E-state index in [1.807, 2.05) is 13.8 Å². The van der Waals surface area contributed by atoms with Gasteiger partial charge in [-0.1, -0.05) is 23.2 Å². The molecule has 0 saturated carbocycles. The van der Waals surface area contributed by atoms with E-state index in [0.717, 1.165) is 11.1 Å². The van der Waals surface area contributed by atoms with Crippen LogP contribution < -0.4 is 14.9 Å². The number of nitrogens with one attached hydrogen (secondary N) is 1. The maximum absolute atomic E-state index is 6.08. The first-order chi connectivity index (χ1) is 14.6. The Morgan fingerprint density at radius 3 is 2.17 bits per heavy atom. The molecule has 0 spiro atoms. The Balaban J connectivity index is 1.76. The molecule has 0 unspecified atom stereocenters. The summed E-state index contributed by atoms with van der Waals surface area (Å²) in [4.78, 5) is 0. The zero-order valence-electron chi connectivity index (χ0n) is 16.4. The zero-order chi connectivity index (χ0) is 21.3. The third-order valence-electron chi connectivity index (χ3n) is 3.76. The van der Waals surface area contributed by atoms with Crippen molar-refractivity contribution in [3.63, 3.8) is 0 Å². The van der Waals surface area contributed by atoms with E-state index in [0.29, 0.717) is 40.7 Å². The summed E-state index contributed by atoms with van der Waals surface area (Å²) in [5.74, 6) is 1.68. The highest BCUT2D eigenvalue weighted by atomic mass is 35.5. The lowest BCUT2D eigenvalue weighted by atomic mass is 10.2. The number of anilines is 1. The van der Waals surface area contributed by atoms with Crippen molar-refractivity contribution < 1.29 is 9.47 Å². The molecule has 1 heterocycles. The monoisotopic (exact) mass is 446 g/mol. The Morgan fingerprint density at radius 1 is 0.967 bits per heavy atom. The van der Waals surface area contributed by atoms with Crippen LogP contribution in [0.4, 0.5) is 5.95 Å². The summed E-state index contributed by atoms with van der Waals surface area (Å²) in [6, 6.07) is 10.6. The average Bonchev–Trinajstić information content (AvgIpc) is 3.17. The van der Waals surface area contributed by atoms with Crippen LogP contribution in [0.5, 0.6) is 11.5 Å². The van der Waals surface area contributed by atoms with Gasteiger partial charge in [0.25, 0.3) is 5.95 Å². The fourth-order valence-corrected chi connectivity index (χ4v) is 2.85. The molecule has 2 aromatic carbocycles. The number of hydrazone groups is 1. The van der Waals surface area contributed by atoms with Gasteiger partial charge in [0, 0.05) is 21.2 Å². The second-order valence-corrected chi connectivity index (χ2v) is 6.72. The van der Waals surface area contributed by atoms with E-state index in [1.165, 1.54) is 11.0 Å². The maximum Gasteiger partial charge on any atom is 0.265 e. The first-order valence-electron chi connectivity index (χ1n) is 9.18. The predicted molar refractivity (Wildman–Crippen MR) is 119 cm³/mol. The van der Waals surface area contributed by atoms with Gasteiger partial charge in [-0.05, 0) is 50.2 Å². The normalized spacial score (nSPS) is 11.3. The molecule has 0 aliphatic heterocycles. The number of benzene rings is 2. The highest BCUT2D eigenvalue weighted by Crippen LogP contribution is 2.22. The molecule has 8 nitrogen and oxygen atoms in total. The van der Waals surface area contributed by atoms with Crippen molar-refractivity contribution in [2.45, 2.75) is 13.8 Å². The number of aromatic nitrogens is 3. The van der Waals surface area contributed by atoms with Gasteiger partial charge in [0.05, 0.1) is 25.6 Å². The van der Waals surface area contributed by atoms with Crippen molar-refractivity contribution in [1.82, 2.24) is 14.9 Å². The van der Waals surface area contributed by atoms with Gasteiger partial charge in [-0.25, -0.2) is 5.43 Å². The summed E-state index contributed by atoms with van der Waals surface area (Å²) in [5, 5.41) is 17.5. The van der Waals surface area contributed by atoms with Crippen LogP contribution in [0.3, 0.4) is 0 Å². The van der Waals surface area contributed by atoms with E-state index in [9.17, 15) is 0 Å². The SMILES string of the molecule is CCOc1ccc(Cl)cc1C=NNc1nncn1N=Cc1cc(Cl)ccc1OCC. The van der Waals surface area contributed by atoms with Gasteiger partial charge in [-0.3, -0.25) is 0 Å². The van der Waals surface area contributed by atoms with Gasteiger partial charge >= 0.3 is 0 Å². The van der Waals surface area contributed by atoms with E-state index in [2.05, 4.69) is 25.8 Å². The Hall–Kier alpha value is -3.10. The fraction of sp³-hybridized carbons (Fsp3) is 0.200. The van der Waals surface area contributed by atoms with Crippen molar-refractivity contribution in [1.29, 1.82) is 0 Å². The average molecular weight is 447 g/mol. The number of hydrogen-bond donors (Lipinski definition) is 1. The number of halogens is 2. The summed E-state index contributed by atoms with van der Waals surface area (Å²) >= 11 is 12.1. The summed E-state index contributed by atoms with van der Waals surface area (Å²) in [6.45, 7) is 4.88. The first kappa shape index (κ1) is 21.6. The van der Waals surface area contributed by atoms with Crippen LogP contribution in [0.25, 0.3) is 0 Å². The predicted octanol–water partition coefficient (Wildman–Crippen LogP) is 4.71. The molecule has 1 aromatic heterocycles. The molecule has 30 heavy (non-hydrogen) atoms. The summed E-state index contributed by atoms with van der Waals surface area (Å²) < 4.78 is 12.6. The number of hydrogen-bond acceptors (Lipinski definition) is 7. The molecule has 0 amide bonds. The summed E-state index contributed by atoms with van der Waals surface area (Å²) in [5.41, 5.74) is 4.26. The third-order valence-corrected chi connectivity index (χ3v) is 4.23. The van der Waals surface area contributed by atoms with Gasteiger partial charge in [-0.2, -0.15) is 14.9 Å². The minimum Gasteiger partial charge on any atom is -0.493 e. The topological polar surface area (TPSA) is 85.9 Å². The molecule has 3 aromatic rings. The smallest absolute Gasteiger partial charge is 0.265 e. The Kier molecular flexibility index (Phi) is 7.64. The molecule has 0 radical (unpaired) electrons. The van der Waals surface area contributed by atoms with Crippen LogP contribution in [0.2, 0.25) is 10.0 Å². The molecular weight excluding hydrogens is 427 g/mol. The van der Waals surface area contributed by atoms with Crippen molar-refractivity contribution in [2.24, 2.45) is 10.2 Å². The highest BCUT2D eigenvalue weighted by Gasteiger charge is 2.05. The van der Waals surface area contributed by atoms with Gasteiger partial charge in [0.2, 0.25) is 0 Å². The molecule has 1 N–H and O–H groups in total. The number of ether oxygens (including phenoxy) is 2. The van der Waals surface area contributed by atoms with Crippen molar-refractivity contribution in [3.05, 3.63) is 63.9 Å². The molecule has 10 heteroatoms. The lowest BCUT2D eigenvalue weighted by molar-refractivity contribution is 0.339. The van der Waals surface area contributed by atoms with E-state index in [-0.39, 0.29) is 0 Å². The fourth-order valence-electron chi connectivity index (χ4n) is 2.49. The minimum absolute atomic E-state index is 0.322. The standard InChI is InChI=1S/C20H20Cl2N6O2/c1-3-29-18-7-5-16(21)9-14(18)11-23-26-20-27-24-13-28(20)25-12-15-10-17(22)6-8-19(15)30-4-2/h5-13H,3-4H2,1-2H3,(H,26,27). The third kappa shape index (κ3) is 5.71. The van der Waals surface area contributed by atoms with Gasteiger partial charge in [-0.15, -0.1) is 10.2 Å². The van der Waals surface area contributed by atoms with Gasteiger partial charge in [0.15, 0.2) is 0 Å². The van der Waals surface area contributed by atoms with Crippen LogP contribution in [0.1, 0.15) is 25.0 Å². The van der Waals surface area contributed by atoms with Crippen LogP contribution >= 0.6 is 23.2 Å². The molecule has 0 aliphatic carbocycles. The Bertz CT molecular complexity index is 1050. The van der Waals surface area contributed by atoms with Gasteiger partial charge < -0.3 is 9.47 Å². The van der Waals surface area contributed by atoms with E-state index in [4.69, 9.17) is 32.7 Å². The summed E-state index contributed by atoms with van der Waals surface area (Å²) in [6.07, 6.45) is 4.65. The lowest BCUT2D eigenvalue weighted by Gasteiger charge is -2.07. The molecule has 0 saturated heterocycles. The second-order valence-electron chi connectivity index (χ2n) is 5.84. The van der Waals surface area contributed by atoms with Crippen LogP contribution in [-0.2, 0) is 0 Å². The molecule has 3 rings (SSSR count). The minimum atomic E-state index is 0.322. The van der Waals surface area contributed by atoms with Crippen LogP contribution in [0.15, 0.2) is 52.9 Å². The Morgan fingerprint density at radius 2 is 1.57 bits per heavy atom. The van der Waals surface area contributed by atoms with E-state index < -0.39 is 0 Å². The molecule has 0 atom stereocenters. The quantitative estimate of drug-likeness (QED) is 0.379. The van der Waals surface area contributed by atoms with Crippen molar-refractivity contribution in [3.8, 4) is 11.5 Å². The largest absolute Gasteiger partial charge is 0.493 e. The molecule has 0 aliphatic rings. The van der Waals surface area contributed by atoms with E-state index in [1.54, 1.807) is 48.8 Å². The summed E-state index contributed by atoms with van der Waals surface area (Å²) in [7, 11) is 0. The van der Waals surface area contributed by atoms with Crippen molar-refractivity contribution >= 4 is 41.6 Å². The molecule has 0 bridgehead atoms. The zero-order valence-corrected chi connectivity index (χ0v) is 17.9. The van der Waals surface area contributed by atoms with Crippen LogP contribution in [-0.4, -0.2) is 40.5 Å². The maximum atomic E-state index is 6.08.